The standard InChI is InChI=1S/C30H32FN3O4/c1-38-26-6-7-28(35)27(17-26)30(37)34-12-8-20(9-13-34)15-29(36)32-25-10-11-33(19-25)18-21-2-3-23-16-24(31)5-4-22(23)14-21/h2-7,14-17,25,35H,8-13,18-19H2,1H3,(H,32,36). The van der Waals surface area contributed by atoms with Crippen molar-refractivity contribution in [3.63, 3.8) is 0 Å². The van der Waals surface area contributed by atoms with Crippen molar-refractivity contribution in [2.45, 2.75) is 31.8 Å². The van der Waals surface area contributed by atoms with Crippen molar-refractivity contribution in [1.82, 2.24) is 15.1 Å². The van der Waals surface area contributed by atoms with Gasteiger partial charge < -0.3 is 20.1 Å². The van der Waals surface area contributed by atoms with Crippen molar-refractivity contribution in [3.8, 4) is 11.5 Å². The Hall–Kier alpha value is -3.91. The van der Waals surface area contributed by atoms with Gasteiger partial charge in [-0.2, -0.15) is 0 Å². The SMILES string of the molecule is COc1ccc(O)c(C(=O)N2CCC(=CC(=O)NC3CCN(Cc4ccc5cc(F)ccc5c4)C3)CC2)c1. The molecule has 2 heterocycles. The Bertz CT molecular complexity index is 1380. The van der Waals surface area contributed by atoms with E-state index >= 15 is 0 Å². The predicted octanol–water partition coefficient (Wildman–Crippen LogP) is 4.25. The summed E-state index contributed by atoms with van der Waals surface area (Å²) in [5.74, 6) is -0.122. The zero-order chi connectivity index (χ0) is 26.6. The van der Waals surface area contributed by atoms with E-state index in [1.165, 1.54) is 24.8 Å². The first kappa shape index (κ1) is 25.7. The van der Waals surface area contributed by atoms with Gasteiger partial charge in [0.15, 0.2) is 0 Å². The molecule has 2 N–H and O–H groups in total. The first-order valence-electron chi connectivity index (χ1n) is 12.9. The molecule has 198 valence electrons. The monoisotopic (exact) mass is 517 g/mol. The van der Waals surface area contributed by atoms with Crippen LogP contribution in [0.3, 0.4) is 0 Å². The number of amides is 2. The molecule has 8 heteroatoms. The summed E-state index contributed by atoms with van der Waals surface area (Å²) in [6.07, 6.45) is 3.80. The number of benzene rings is 3. The lowest BCUT2D eigenvalue weighted by atomic mass is 10.0. The molecular weight excluding hydrogens is 485 g/mol. The molecule has 7 nitrogen and oxygen atoms in total. The Morgan fingerprint density at radius 2 is 1.82 bits per heavy atom. The van der Waals surface area contributed by atoms with Crippen molar-refractivity contribution in [2.75, 3.05) is 33.3 Å². The number of methoxy groups -OCH3 is 1. The summed E-state index contributed by atoms with van der Waals surface area (Å²) < 4.78 is 18.6. The molecule has 2 saturated heterocycles. The van der Waals surface area contributed by atoms with E-state index in [1.54, 1.807) is 35.2 Å². The molecule has 0 aliphatic carbocycles. The van der Waals surface area contributed by atoms with Crippen LogP contribution in [0.4, 0.5) is 4.39 Å². The van der Waals surface area contributed by atoms with Crippen LogP contribution >= 0.6 is 0 Å². The van der Waals surface area contributed by atoms with Gasteiger partial charge in [0.2, 0.25) is 5.91 Å². The lowest BCUT2D eigenvalue weighted by molar-refractivity contribution is -0.117. The Balaban J connectivity index is 1.10. The number of fused-ring (bicyclic) bond motifs is 1. The highest BCUT2D eigenvalue weighted by Gasteiger charge is 2.25. The van der Waals surface area contributed by atoms with Crippen LogP contribution in [-0.4, -0.2) is 66.1 Å². The molecule has 0 aromatic heterocycles. The Kier molecular flexibility index (Phi) is 7.60. The van der Waals surface area contributed by atoms with Gasteiger partial charge in [-0.15, -0.1) is 0 Å². The van der Waals surface area contributed by atoms with Gasteiger partial charge in [-0.25, -0.2) is 4.39 Å². The van der Waals surface area contributed by atoms with Crippen LogP contribution in [0.25, 0.3) is 10.8 Å². The number of piperidine rings is 1. The molecule has 3 aromatic carbocycles. The number of ether oxygens (including phenoxy) is 1. The predicted molar refractivity (Wildman–Crippen MR) is 144 cm³/mol. The van der Waals surface area contributed by atoms with E-state index in [9.17, 15) is 19.1 Å². The van der Waals surface area contributed by atoms with Gasteiger partial charge in [0, 0.05) is 44.8 Å². The molecule has 0 radical (unpaired) electrons. The second kappa shape index (κ2) is 11.2. The number of aromatic hydroxyl groups is 1. The summed E-state index contributed by atoms with van der Waals surface area (Å²) in [5, 5.41) is 15.2. The molecular formula is C30H32FN3O4. The van der Waals surface area contributed by atoms with Crippen LogP contribution in [-0.2, 0) is 11.3 Å². The Morgan fingerprint density at radius 1 is 1.05 bits per heavy atom. The van der Waals surface area contributed by atoms with E-state index in [0.717, 1.165) is 42.4 Å². The van der Waals surface area contributed by atoms with E-state index < -0.39 is 0 Å². The molecule has 38 heavy (non-hydrogen) atoms. The minimum atomic E-state index is -0.241. The number of rotatable bonds is 6. The lowest BCUT2D eigenvalue weighted by Crippen LogP contribution is -2.38. The second-order valence-electron chi connectivity index (χ2n) is 10.0. The van der Waals surface area contributed by atoms with Crippen LogP contribution in [0.1, 0.15) is 35.2 Å². The van der Waals surface area contributed by atoms with Gasteiger partial charge >= 0.3 is 0 Å². The number of carbonyl (C=O) groups is 2. The maximum Gasteiger partial charge on any atom is 0.257 e. The molecule has 2 aliphatic rings. The van der Waals surface area contributed by atoms with Crippen LogP contribution in [0.2, 0.25) is 0 Å². The van der Waals surface area contributed by atoms with E-state index in [1.807, 2.05) is 12.1 Å². The minimum absolute atomic E-state index is 0.0712. The molecule has 2 amide bonds. The van der Waals surface area contributed by atoms with Gasteiger partial charge in [0.05, 0.1) is 12.7 Å². The highest BCUT2D eigenvalue weighted by molar-refractivity contribution is 5.97. The number of carbonyl (C=O) groups excluding carboxylic acids is 2. The molecule has 0 saturated carbocycles. The summed E-state index contributed by atoms with van der Waals surface area (Å²) >= 11 is 0. The average molecular weight is 518 g/mol. The molecule has 0 bridgehead atoms. The molecule has 2 fully saturated rings. The normalized spacial score (nSPS) is 18.0. The Labute approximate surface area is 221 Å². The van der Waals surface area contributed by atoms with Gasteiger partial charge in [-0.05, 0) is 72.0 Å². The van der Waals surface area contributed by atoms with Crippen LogP contribution < -0.4 is 10.1 Å². The van der Waals surface area contributed by atoms with Gasteiger partial charge in [-0.3, -0.25) is 14.5 Å². The zero-order valence-corrected chi connectivity index (χ0v) is 21.5. The summed E-state index contributed by atoms with van der Waals surface area (Å²) in [7, 11) is 1.52. The maximum atomic E-state index is 13.4. The molecule has 2 aliphatic heterocycles. The van der Waals surface area contributed by atoms with Crippen molar-refractivity contribution < 1.29 is 23.8 Å². The fourth-order valence-corrected chi connectivity index (χ4v) is 5.27. The number of nitrogens with zero attached hydrogens (tertiary/aromatic N) is 2. The molecule has 5 rings (SSSR count). The third-order valence-corrected chi connectivity index (χ3v) is 7.35. The molecule has 0 spiro atoms. The zero-order valence-electron chi connectivity index (χ0n) is 21.5. The smallest absolute Gasteiger partial charge is 0.257 e. The summed E-state index contributed by atoms with van der Waals surface area (Å²) in [6, 6.07) is 15.6. The quantitative estimate of drug-likeness (QED) is 0.478. The lowest BCUT2D eigenvalue weighted by Gasteiger charge is -2.29. The van der Waals surface area contributed by atoms with Gasteiger partial charge in [-0.1, -0.05) is 23.8 Å². The first-order chi connectivity index (χ1) is 18.4. The van der Waals surface area contributed by atoms with E-state index in [4.69, 9.17) is 4.74 Å². The van der Waals surface area contributed by atoms with Crippen LogP contribution in [0.15, 0.2) is 66.2 Å². The molecule has 1 atom stereocenters. The first-order valence-corrected chi connectivity index (χ1v) is 12.9. The van der Waals surface area contributed by atoms with Crippen molar-refractivity contribution in [1.29, 1.82) is 0 Å². The molecule has 1 unspecified atom stereocenters. The number of phenols is 1. The highest BCUT2D eigenvalue weighted by Crippen LogP contribution is 2.26. The summed E-state index contributed by atoms with van der Waals surface area (Å²) in [5.41, 5.74) is 2.41. The van der Waals surface area contributed by atoms with Gasteiger partial charge in [0.1, 0.15) is 17.3 Å². The third kappa shape index (κ3) is 5.97. The Morgan fingerprint density at radius 3 is 2.61 bits per heavy atom. The fraction of sp³-hybridized carbons (Fsp3) is 0.333. The number of halogens is 1. The number of hydrogen-bond acceptors (Lipinski definition) is 5. The topological polar surface area (TPSA) is 82.1 Å². The summed E-state index contributed by atoms with van der Waals surface area (Å²) in [6.45, 7) is 3.45. The van der Waals surface area contributed by atoms with E-state index in [2.05, 4.69) is 16.3 Å². The van der Waals surface area contributed by atoms with Crippen LogP contribution in [0, 0.1) is 5.82 Å². The third-order valence-electron chi connectivity index (χ3n) is 7.35. The van der Waals surface area contributed by atoms with Crippen molar-refractivity contribution >= 4 is 22.6 Å². The van der Waals surface area contributed by atoms with Gasteiger partial charge in [0.25, 0.3) is 5.91 Å². The highest BCUT2D eigenvalue weighted by atomic mass is 19.1. The maximum absolute atomic E-state index is 13.4. The molecule has 3 aromatic rings. The minimum Gasteiger partial charge on any atom is -0.507 e. The van der Waals surface area contributed by atoms with E-state index in [-0.39, 0.29) is 35.0 Å². The largest absolute Gasteiger partial charge is 0.507 e. The fourth-order valence-electron chi connectivity index (χ4n) is 5.27. The average Bonchev–Trinajstić information content (AvgIpc) is 3.35. The number of hydrogen-bond donors (Lipinski definition) is 2. The van der Waals surface area contributed by atoms with Crippen molar-refractivity contribution in [3.05, 3.63) is 83.2 Å². The summed E-state index contributed by atoms with van der Waals surface area (Å²) in [4.78, 5) is 29.6. The number of nitrogens with one attached hydrogen (secondary N) is 1. The van der Waals surface area contributed by atoms with E-state index in [0.29, 0.717) is 31.7 Å². The van der Waals surface area contributed by atoms with Crippen LogP contribution in [0.5, 0.6) is 11.5 Å². The number of likely N-dealkylation sites (tertiary alicyclic amines) is 2. The van der Waals surface area contributed by atoms with Crippen molar-refractivity contribution in [2.24, 2.45) is 0 Å². The second-order valence-corrected chi connectivity index (χ2v) is 10.0. The number of phenolic OH excluding ortho intramolecular Hbond substituents is 1.